The topological polar surface area (TPSA) is 34.9 Å². The van der Waals surface area contributed by atoms with E-state index in [-0.39, 0.29) is 22.3 Å². The number of halogens is 2. The molecule has 0 unspecified atom stereocenters. The zero-order valence-corrected chi connectivity index (χ0v) is 11.7. The summed E-state index contributed by atoms with van der Waals surface area (Å²) in [5, 5.41) is 4.29. The normalized spacial score (nSPS) is 11.1. The molecule has 0 aliphatic rings. The summed E-state index contributed by atoms with van der Waals surface area (Å²) >= 11 is 5.99. The van der Waals surface area contributed by atoms with Gasteiger partial charge in [0.05, 0.1) is 16.8 Å². The lowest BCUT2D eigenvalue weighted by molar-refractivity contribution is 0.102. The minimum absolute atomic E-state index is 0.00917. The number of carbonyl (C=O) groups is 1. The third-order valence-electron chi connectivity index (χ3n) is 2.82. The molecule has 0 amide bonds. The summed E-state index contributed by atoms with van der Waals surface area (Å²) in [7, 11) is 0. The van der Waals surface area contributed by atoms with Crippen LogP contribution in [0.1, 0.15) is 41.5 Å². The molecule has 5 heteroatoms. The first-order valence-corrected chi connectivity index (χ1v) is 6.33. The molecule has 0 N–H and O–H groups in total. The van der Waals surface area contributed by atoms with Gasteiger partial charge in [-0.25, -0.2) is 4.39 Å². The molecule has 3 nitrogen and oxygen atoms in total. The van der Waals surface area contributed by atoms with Gasteiger partial charge in [-0.1, -0.05) is 17.7 Å². The van der Waals surface area contributed by atoms with Crippen LogP contribution in [0.5, 0.6) is 0 Å². The van der Waals surface area contributed by atoms with Gasteiger partial charge in [0.2, 0.25) is 5.78 Å². The average molecular weight is 281 g/mol. The van der Waals surface area contributed by atoms with Gasteiger partial charge in [-0.2, -0.15) is 5.10 Å². The molecule has 2 aromatic rings. The lowest BCUT2D eigenvalue weighted by Crippen LogP contribution is -2.15. The van der Waals surface area contributed by atoms with Crippen LogP contribution in [0, 0.1) is 12.7 Å². The van der Waals surface area contributed by atoms with Crippen molar-refractivity contribution in [3.05, 3.63) is 52.1 Å². The van der Waals surface area contributed by atoms with Crippen LogP contribution < -0.4 is 0 Å². The van der Waals surface area contributed by atoms with E-state index in [2.05, 4.69) is 5.10 Å². The number of hydrogen-bond donors (Lipinski definition) is 0. The van der Waals surface area contributed by atoms with Gasteiger partial charge in [-0.15, -0.1) is 0 Å². The molecule has 1 aromatic carbocycles. The minimum Gasteiger partial charge on any atom is -0.287 e. The van der Waals surface area contributed by atoms with E-state index in [4.69, 9.17) is 11.6 Å². The molecular formula is C14H14ClFN2O. The van der Waals surface area contributed by atoms with Crippen molar-refractivity contribution < 1.29 is 9.18 Å². The number of aryl methyl sites for hydroxylation is 1. The number of rotatable bonds is 3. The summed E-state index contributed by atoms with van der Waals surface area (Å²) in [4.78, 5) is 12.4. The number of aromatic nitrogens is 2. The second-order valence-electron chi connectivity index (χ2n) is 4.69. The average Bonchev–Trinajstić information content (AvgIpc) is 2.70. The van der Waals surface area contributed by atoms with Crippen molar-refractivity contribution in [2.75, 3.05) is 0 Å². The fourth-order valence-electron chi connectivity index (χ4n) is 1.88. The summed E-state index contributed by atoms with van der Waals surface area (Å²) in [6.45, 7) is 5.53. The third-order valence-corrected chi connectivity index (χ3v) is 3.10. The van der Waals surface area contributed by atoms with E-state index in [1.165, 1.54) is 23.0 Å². The molecule has 0 saturated carbocycles. The van der Waals surface area contributed by atoms with Gasteiger partial charge in [0.1, 0.15) is 11.5 Å². The zero-order chi connectivity index (χ0) is 14.2. The summed E-state index contributed by atoms with van der Waals surface area (Å²) in [5.74, 6) is -0.994. The van der Waals surface area contributed by atoms with Gasteiger partial charge in [-0.05, 0) is 38.5 Å². The first-order valence-electron chi connectivity index (χ1n) is 5.95. The molecule has 1 heterocycles. The molecule has 19 heavy (non-hydrogen) atoms. The van der Waals surface area contributed by atoms with Crippen LogP contribution in [-0.2, 0) is 0 Å². The summed E-state index contributed by atoms with van der Waals surface area (Å²) < 4.78 is 15.4. The van der Waals surface area contributed by atoms with E-state index >= 15 is 0 Å². The van der Waals surface area contributed by atoms with E-state index in [0.717, 1.165) is 5.56 Å². The fraction of sp³-hybridized carbons (Fsp3) is 0.286. The van der Waals surface area contributed by atoms with Gasteiger partial charge < -0.3 is 0 Å². The lowest BCUT2D eigenvalue weighted by Gasteiger charge is -2.11. The molecule has 0 saturated heterocycles. The number of nitrogens with zero attached hydrogens (tertiary/aromatic N) is 2. The predicted octanol–water partition coefficient (Wildman–Crippen LogP) is 3.80. The van der Waals surface area contributed by atoms with Gasteiger partial charge in [0, 0.05) is 6.04 Å². The highest BCUT2D eigenvalue weighted by molar-refractivity contribution is 6.34. The van der Waals surface area contributed by atoms with Crippen molar-refractivity contribution >= 4 is 17.4 Å². The number of ketones is 1. The molecule has 0 atom stereocenters. The molecule has 0 spiro atoms. The Labute approximate surface area is 116 Å². The Morgan fingerprint density at radius 3 is 2.68 bits per heavy atom. The second-order valence-corrected chi connectivity index (χ2v) is 5.10. The van der Waals surface area contributed by atoms with E-state index in [1.807, 2.05) is 13.8 Å². The SMILES string of the molecule is Cc1ccc(C(=O)c2c(Cl)cnn2C(C)C)c(F)c1. The maximum Gasteiger partial charge on any atom is 0.215 e. The molecule has 2 rings (SSSR count). The van der Waals surface area contributed by atoms with Crippen LogP contribution in [0.15, 0.2) is 24.4 Å². The van der Waals surface area contributed by atoms with Gasteiger partial charge in [0.15, 0.2) is 0 Å². The summed E-state index contributed by atoms with van der Waals surface area (Å²) in [5.41, 5.74) is 0.992. The Bertz CT molecular complexity index is 634. The van der Waals surface area contributed by atoms with Crippen LogP contribution in [0.3, 0.4) is 0 Å². The van der Waals surface area contributed by atoms with Gasteiger partial charge in [0.25, 0.3) is 0 Å². The van der Waals surface area contributed by atoms with Crippen molar-refractivity contribution in [2.45, 2.75) is 26.8 Å². The Balaban J connectivity index is 2.53. The third kappa shape index (κ3) is 2.54. The van der Waals surface area contributed by atoms with Crippen molar-refractivity contribution in [1.29, 1.82) is 0 Å². The number of carbonyl (C=O) groups excluding carboxylic acids is 1. The maximum absolute atomic E-state index is 13.9. The first-order chi connectivity index (χ1) is 8.91. The van der Waals surface area contributed by atoms with Gasteiger partial charge in [-0.3, -0.25) is 9.48 Å². The predicted molar refractivity (Wildman–Crippen MR) is 72.2 cm³/mol. The minimum atomic E-state index is -0.544. The van der Waals surface area contributed by atoms with Gasteiger partial charge >= 0.3 is 0 Å². The molecule has 0 fully saturated rings. The Kier molecular flexibility index (Phi) is 3.71. The molecular weight excluding hydrogens is 267 g/mol. The second kappa shape index (κ2) is 5.13. The monoisotopic (exact) mass is 280 g/mol. The number of hydrogen-bond acceptors (Lipinski definition) is 2. The highest BCUT2D eigenvalue weighted by atomic mass is 35.5. The van der Waals surface area contributed by atoms with Crippen LogP contribution in [0.2, 0.25) is 5.02 Å². The Morgan fingerprint density at radius 1 is 1.42 bits per heavy atom. The molecule has 0 bridgehead atoms. The fourth-order valence-corrected chi connectivity index (χ4v) is 2.09. The summed E-state index contributed by atoms with van der Waals surface area (Å²) in [6.07, 6.45) is 1.40. The van der Waals surface area contributed by atoms with Crippen LogP contribution in [0.25, 0.3) is 0 Å². The van der Waals surface area contributed by atoms with E-state index in [1.54, 1.807) is 13.0 Å². The van der Waals surface area contributed by atoms with Crippen LogP contribution in [0.4, 0.5) is 4.39 Å². The maximum atomic E-state index is 13.9. The quantitative estimate of drug-likeness (QED) is 0.802. The molecule has 1 aromatic heterocycles. The first kappa shape index (κ1) is 13.7. The van der Waals surface area contributed by atoms with E-state index < -0.39 is 11.6 Å². The largest absolute Gasteiger partial charge is 0.287 e. The van der Waals surface area contributed by atoms with Crippen molar-refractivity contribution in [1.82, 2.24) is 9.78 Å². The van der Waals surface area contributed by atoms with Crippen molar-refractivity contribution in [3.8, 4) is 0 Å². The standard InChI is InChI=1S/C14H14ClFN2O/c1-8(2)18-13(11(15)7-17-18)14(19)10-5-4-9(3)6-12(10)16/h4-8H,1-3H3. The highest BCUT2D eigenvalue weighted by Gasteiger charge is 2.22. The Hall–Kier alpha value is -1.68. The zero-order valence-electron chi connectivity index (χ0n) is 10.9. The van der Waals surface area contributed by atoms with Crippen LogP contribution in [-0.4, -0.2) is 15.6 Å². The number of benzene rings is 1. The van der Waals surface area contributed by atoms with E-state index in [0.29, 0.717) is 0 Å². The summed E-state index contributed by atoms with van der Waals surface area (Å²) in [6, 6.07) is 4.47. The molecule has 0 radical (unpaired) electrons. The molecule has 100 valence electrons. The van der Waals surface area contributed by atoms with Crippen molar-refractivity contribution in [2.24, 2.45) is 0 Å². The highest BCUT2D eigenvalue weighted by Crippen LogP contribution is 2.23. The lowest BCUT2D eigenvalue weighted by atomic mass is 10.1. The molecule has 0 aliphatic heterocycles. The molecule has 0 aliphatic carbocycles. The van der Waals surface area contributed by atoms with E-state index in [9.17, 15) is 9.18 Å². The van der Waals surface area contributed by atoms with Crippen LogP contribution >= 0.6 is 11.6 Å². The smallest absolute Gasteiger partial charge is 0.215 e. The Morgan fingerprint density at radius 2 is 2.11 bits per heavy atom. The van der Waals surface area contributed by atoms with Crippen molar-refractivity contribution in [3.63, 3.8) is 0 Å².